The number of amides is 1. The molecule has 0 aromatic heterocycles. The van der Waals surface area contributed by atoms with E-state index in [1.54, 1.807) is 6.07 Å². The van der Waals surface area contributed by atoms with Gasteiger partial charge in [-0.25, -0.2) is 0 Å². The number of nitriles is 1. The fourth-order valence-electron chi connectivity index (χ4n) is 2.39. The summed E-state index contributed by atoms with van der Waals surface area (Å²) in [4.78, 5) is 12.0. The molecule has 1 aliphatic carbocycles. The number of hydrogen-bond donors (Lipinski definition) is 2. The van der Waals surface area contributed by atoms with Gasteiger partial charge in [0, 0.05) is 23.8 Å². The number of halogens is 1. The molecule has 5 heteroatoms. The van der Waals surface area contributed by atoms with Crippen LogP contribution in [0.4, 0.5) is 0 Å². The summed E-state index contributed by atoms with van der Waals surface area (Å²) in [5.41, 5.74) is 1.01. The van der Waals surface area contributed by atoms with E-state index in [2.05, 4.69) is 10.6 Å². The summed E-state index contributed by atoms with van der Waals surface area (Å²) in [5.74, 6) is -0.309. The highest BCUT2D eigenvalue weighted by molar-refractivity contribution is 6.31. The van der Waals surface area contributed by atoms with Crippen LogP contribution in [0.3, 0.4) is 0 Å². The number of hydrogen-bond acceptors (Lipinski definition) is 3. The molecule has 0 atom stereocenters. The fourth-order valence-corrected chi connectivity index (χ4v) is 2.59. The molecule has 0 aliphatic heterocycles. The van der Waals surface area contributed by atoms with Crippen molar-refractivity contribution < 1.29 is 4.79 Å². The molecule has 21 heavy (non-hydrogen) atoms. The molecule has 0 radical (unpaired) electrons. The van der Waals surface area contributed by atoms with Gasteiger partial charge in [-0.15, -0.1) is 0 Å². The van der Waals surface area contributed by atoms with E-state index in [4.69, 9.17) is 16.9 Å². The molecule has 1 aliphatic rings. The summed E-state index contributed by atoms with van der Waals surface area (Å²) >= 11 is 6.04. The molecule has 0 spiro atoms. The van der Waals surface area contributed by atoms with Crippen molar-refractivity contribution in [1.29, 1.82) is 5.26 Å². The Morgan fingerprint density at radius 1 is 1.38 bits per heavy atom. The van der Waals surface area contributed by atoms with Gasteiger partial charge in [0.25, 0.3) is 5.91 Å². The first-order valence-corrected chi connectivity index (χ1v) is 7.46. The number of nitrogens with zero attached hydrogens (tertiary/aromatic N) is 1. The minimum absolute atomic E-state index is 0.0916. The van der Waals surface area contributed by atoms with Crippen molar-refractivity contribution >= 4 is 17.5 Å². The third-order valence-corrected chi connectivity index (χ3v) is 3.92. The molecule has 4 nitrogen and oxygen atoms in total. The minimum Gasteiger partial charge on any atom is -0.386 e. The molecule has 0 unspecified atom stereocenters. The molecule has 0 saturated heterocycles. The van der Waals surface area contributed by atoms with Gasteiger partial charge in [-0.05, 0) is 24.5 Å². The Morgan fingerprint density at radius 2 is 2.10 bits per heavy atom. The van der Waals surface area contributed by atoms with Crippen molar-refractivity contribution in [3.63, 3.8) is 0 Å². The third-order valence-electron chi connectivity index (χ3n) is 3.55. The number of nitrogens with one attached hydrogen (secondary N) is 2. The zero-order chi connectivity index (χ0) is 15.1. The Balaban J connectivity index is 1.89. The topological polar surface area (TPSA) is 64.9 Å². The monoisotopic (exact) mass is 303 g/mol. The van der Waals surface area contributed by atoms with Crippen LogP contribution in [0.5, 0.6) is 0 Å². The number of benzene rings is 1. The van der Waals surface area contributed by atoms with Crippen LogP contribution < -0.4 is 10.6 Å². The van der Waals surface area contributed by atoms with Crippen molar-refractivity contribution in [2.24, 2.45) is 0 Å². The van der Waals surface area contributed by atoms with E-state index in [-0.39, 0.29) is 17.5 Å². The van der Waals surface area contributed by atoms with Crippen LogP contribution in [-0.4, -0.2) is 11.9 Å². The highest BCUT2D eigenvalue weighted by atomic mass is 35.5. The lowest BCUT2D eigenvalue weighted by Gasteiger charge is -2.11. The molecule has 2 rings (SSSR count). The van der Waals surface area contributed by atoms with Gasteiger partial charge >= 0.3 is 0 Å². The standard InChI is InChI=1S/C16H18ClN3O/c17-15-8-4-1-5-12(15)10-19-11-13(9-18)16(21)20-14-6-2-3-7-14/h1,4-5,8,11,14,19H,2-3,6-7,10H2,(H,20,21)/b13-11-. The largest absolute Gasteiger partial charge is 0.386 e. The van der Waals surface area contributed by atoms with E-state index in [0.717, 1.165) is 31.2 Å². The first-order chi connectivity index (χ1) is 10.2. The highest BCUT2D eigenvalue weighted by Crippen LogP contribution is 2.18. The summed E-state index contributed by atoms with van der Waals surface area (Å²) in [6.45, 7) is 0.474. The second kappa shape index (κ2) is 7.70. The van der Waals surface area contributed by atoms with Gasteiger partial charge in [0.1, 0.15) is 11.6 Å². The number of carbonyl (C=O) groups excluding carboxylic acids is 1. The zero-order valence-electron chi connectivity index (χ0n) is 11.7. The summed E-state index contributed by atoms with van der Waals surface area (Å²) in [5, 5.41) is 15.6. The van der Waals surface area contributed by atoms with Crippen LogP contribution in [0, 0.1) is 11.3 Å². The van der Waals surface area contributed by atoms with Crippen molar-refractivity contribution in [2.75, 3.05) is 0 Å². The zero-order valence-corrected chi connectivity index (χ0v) is 12.5. The lowest BCUT2D eigenvalue weighted by atomic mass is 10.2. The molecule has 1 aromatic rings. The smallest absolute Gasteiger partial charge is 0.263 e. The van der Waals surface area contributed by atoms with Crippen LogP contribution in [0.25, 0.3) is 0 Å². The lowest BCUT2D eigenvalue weighted by molar-refractivity contribution is -0.117. The van der Waals surface area contributed by atoms with Gasteiger partial charge in [-0.1, -0.05) is 42.6 Å². The maximum Gasteiger partial charge on any atom is 0.263 e. The number of rotatable bonds is 5. The van der Waals surface area contributed by atoms with Crippen molar-refractivity contribution in [3.8, 4) is 6.07 Å². The van der Waals surface area contributed by atoms with E-state index < -0.39 is 0 Å². The Morgan fingerprint density at radius 3 is 2.76 bits per heavy atom. The summed E-state index contributed by atoms with van der Waals surface area (Å²) in [7, 11) is 0. The third kappa shape index (κ3) is 4.51. The molecule has 1 amide bonds. The molecular formula is C16H18ClN3O. The Bertz CT molecular complexity index is 571. The summed E-state index contributed by atoms with van der Waals surface area (Å²) in [6.07, 6.45) is 5.73. The molecule has 110 valence electrons. The van der Waals surface area contributed by atoms with Crippen molar-refractivity contribution in [3.05, 3.63) is 46.6 Å². The Labute approximate surface area is 129 Å². The molecule has 1 aromatic carbocycles. The minimum atomic E-state index is -0.309. The molecule has 2 N–H and O–H groups in total. The maximum absolute atomic E-state index is 12.0. The van der Waals surface area contributed by atoms with Gasteiger partial charge in [-0.3, -0.25) is 4.79 Å². The quantitative estimate of drug-likeness (QED) is 0.649. The van der Waals surface area contributed by atoms with Crippen LogP contribution in [0.2, 0.25) is 5.02 Å². The maximum atomic E-state index is 12.0. The van der Waals surface area contributed by atoms with E-state index in [1.165, 1.54) is 6.20 Å². The lowest BCUT2D eigenvalue weighted by Crippen LogP contribution is -2.33. The average molecular weight is 304 g/mol. The molecular weight excluding hydrogens is 286 g/mol. The summed E-state index contributed by atoms with van der Waals surface area (Å²) in [6, 6.07) is 9.59. The molecule has 0 bridgehead atoms. The van der Waals surface area contributed by atoms with Gasteiger partial charge < -0.3 is 10.6 Å². The Kier molecular flexibility index (Phi) is 5.65. The van der Waals surface area contributed by atoms with Crippen LogP contribution in [0.1, 0.15) is 31.2 Å². The van der Waals surface area contributed by atoms with Gasteiger partial charge in [0.05, 0.1) is 0 Å². The van der Waals surface area contributed by atoms with E-state index in [0.29, 0.717) is 11.6 Å². The van der Waals surface area contributed by atoms with Gasteiger partial charge in [0.2, 0.25) is 0 Å². The second-order valence-corrected chi connectivity index (χ2v) is 5.50. The van der Waals surface area contributed by atoms with E-state index >= 15 is 0 Å². The SMILES string of the molecule is N#C/C(=C/NCc1ccccc1Cl)C(=O)NC1CCCC1. The van der Waals surface area contributed by atoms with E-state index in [9.17, 15) is 4.79 Å². The van der Waals surface area contributed by atoms with Crippen LogP contribution in [-0.2, 0) is 11.3 Å². The molecule has 0 heterocycles. The Hall–Kier alpha value is -1.99. The van der Waals surface area contributed by atoms with Gasteiger partial charge in [-0.2, -0.15) is 5.26 Å². The molecule has 1 fully saturated rings. The van der Waals surface area contributed by atoms with E-state index in [1.807, 2.05) is 24.3 Å². The van der Waals surface area contributed by atoms with Crippen LogP contribution >= 0.6 is 11.6 Å². The predicted molar refractivity (Wildman–Crippen MR) is 82.4 cm³/mol. The highest BCUT2D eigenvalue weighted by Gasteiger charge is 2.19. The van der Waals surface area contributed by atoms with Gasteiger partial charge in [0.15, 0.2) is 0 Å². The second-order valence-electron chi connectivity index (χ2n) is 5.10. The first-order valence-electron chi connectivity index (χ1n) is 7.08. The first kappa shape index (κ1) is 15.4. The molecule has 1 saturated carbocycles. The van der Waals surface area contributed by atoms with Crippen LogP contribution in [0.15, 0.2) is 36.0 Å². The predicted octanol–water partition coefficient (Wildman–Crippen LogP) is 2.90. The normalized spacial score (nSPS) is 15.5. The fraction of sp³-hybridized carbons (Fsp3) is 0.375. The number of carbonyl (C=O) groups is 1. The average Bonchev–Trinajstić information content (AvgIpc) is 2.98. The van der Waals surface area contributed by atoms with Crippen molar-refractivity contribution in [2.45, 2.75) is 38.3 Å². The van der Waals surface area contributed by atoms with Crippen molar-refractivity contribution in [1.82, 2.24) is 10.6 Å². The summed E-state index contributed by atoms with van der Waals surface area (Å²) < 4.78 is 0.